The molecule has 0 spiro atoms. The van der Waals surface area contributed by atoms with E-state index in [1.165, 1.54) is 19.0 Å². The lowest BCUT2D eigenvalue weighted by molar-refractivity contribution is 0.270. The Hall–Kier alpha value is -4.27. The number of methoxy groups -OCH3 is 1. The summed E-state index contributed by atoms with van der Waals surface area (Å²) in [7, 11) is 3.44. The number of hydrogen-bond donors (Lipinski definition) is 0. The van der Waals surface area contributed by atoms with Crippen LogP contribution in [0.2, 0.25) is 0 Å². The zero-order valence-electron chi connectivity index (χ0n) is 16.9. The Kier molecular flexibility index (Phi) is 4.75. The molecule has 0 fully saturated rings. The molecule has 5 rings (SSSR count). The normalized spacial score (nSPS) is 11.0. The minimum absolute atomic E-state index is 0.191. The highest BCUT2D eigenvalue weighted by Crippen LogP contribution is 2.36. The first-order chi connectivity index (χ1) is 15.2. The molecule has 0 saturated heterocycles. The van der Waals surface area contributed by atoms with Crippen LogP contribution in [0.3, 0.4) is 0 Å². The summed E-state index contributed by atoms with van der Waals surface area (Å²) in [5, 5.41) is 4.64. The SMILES string of the molecule is COc1cc2ncnc(-c3cn(C)nc3-c3ccccc3)c2nc1OCc1cocn1. The quantitative estimate of drug-likeness (QED) is 0.415. The van der Waals surface area contributed by atoms with Gasteiger partial charge in [-0.15, -0.1) is 0 Å². The molecule has 4 heterocycles. The number of oxazole rings is 1. The molecular weight excluding hydrogens is 396 g/mol. The van der Waals surface area contributed by atoms with Crippen molar-refractivity contribution in [1.29, 1.82) is 0 Å². The van der Waals surface area contributed by atoms with E-state index in [9.17, 15) is 0 Å². The van der Waals surface area contributed by atoms with Crippen LogP contribution in [0.15, 0.2) is 66.0 Å². The van der Waals surface area contributed by atoms with Gasteiger partial charge in [-0.2, -0.15) is 5.10 Å². The van der Waals surface area contributed by atoms with Crippen molar-refractivity contribution in [3.63, 3.8) is 0 Å². The van der Waals surface area contributed by atoms with E-state index < -0.39 is 0 Å². The summed E-state index contributed by atoms with van der Waals surface area (Å²) in [5.41, 5.74) is 5.17. The predicted molar refractivity (Wildman–Crippen MR) is 112 cm³/mol. The molecule has 9 nitrogen and oxygen atoms in total. The highest BCUT2D eigenvalue weighted by atomic mass is 16.5. The van der Waals surface area contributed by atoms with Crippen molar-refractivity contribution >= 4 is 11.0 Å². The van der Waals surface area contributed by atoms with Gasteiger partial charge in [0, 0.05) is 30.4 Å². The number of benzene rings is 1. The molecule has 9 heteroatoms. The van der Waals surface area contributed by atoms with E-state index in [-0.39, 0.29) is 6.61 Å². The predicted octanol–water partition coefficient (Wildman–Crippen LogP) is 3.67. The second-order valence-corrected chi connectivity index (χ2v) is 6.79. The van der Waals surface area contributed by atoms with E-state index in [1.54, 1.807) is 17.9 Å². The van der Waals surface area contributed by atoms with Crippen LogP contribution in [0.4, 0.5) is 0 Å². The van der Waals surface area contributed by atoms with Crippen molar-refractivity contribution in [2.45, 2.75) is 6.61 Å². The maximum absolute atomic E-state index is 5.86. The monoisotopic (exact) mass is 414 g/mol. The largest absolute Gasteiger partial charge is 0.491 e. The van der Waals surface area contributed by atoms with Gasteiger partial charge in [0.15, 0.2) is 12.1 Å². The lowest BCUT2D eigenvalue weighted by Gasteiger charge is -2.11. The smallest absolute Gasteiger partial charge is 0.258 e. The molecule has 0 aliphatic heterocycles. The van der Waals surface area contributed by atoms with Crippen LogP contribution in [0.5, 0.6) is 11.6 Å². The fourth-order valence-electron chi connectivity index (χ4n) is 3.32. The van der Waals surface area contributed by atoms with Crippen LogP contribution in [0.1, 0.15) is 5.69 Å². The first-order valence-electron chi connectivity index (χ1n) is 9.52. The molecule has 0 radical (unpaired) electrons. The maximum atomic E-state index is 5.86. The van der Waals surface area contributed by atoms with E-state index >= 15 is 0 Å². The standard InChI is InChI=1S/C22H18N6O3/c1-28-9-16(19(27-28)14-6-4-3-5-7-14)20-21-17(23-12-24-20)8-18(29-2)22(26-21)31-11-15-10-30-13-25-15/h3-10,12-13H,11H2,1-2H3. The first-order valence-corrected chi connectivity index (χ1v) is 9.52. The Morgan fingerprint density at radius 1 is 1.06 bits per heavy atom. The summed E-state index contributed by atoms with van der Waals surface area (Å²) >= 11 is 0. The summed E-state index contributed by atoms with van der Waals surface area (Å²) in [4.78, 5) is 17.7. The fraction of sp³-hybridized carbons (Fsp3) is 0.136. The van der Waals surface area contributed by atoms with Crippen molar-refractivity contribution in [1.82, 2.24) is 29.7 Å². The first kappa shape index (κ1) is 18.7. The number of aryl methyl sites for hydroxylation is 1. The third-order valence-corrected chi connectivity index (χ3v) is 4.73. The highest BCUT2D eigenvalue weighted by molar-refractivity contribution is 5.94. The zero-order chi connectivity index (χ0) is 21.2. The summed E-state index contributed by atoms with van der Waals surface area (Å²) in [5.74, 6) is 0.786. The molecule has 0 aliphatic rings. The minimum atomic E-state index is 0.191. The van der Waals surface area contributed by atoms with Crippen LogP contribution in [-0.2, 0) is 13.7 Å². The van der Waals surface area contributed by atoms with Crippen molar-refractivity contribution in [2.75, 3.05) is 7.11 Å². The molecule has 154 valence electrons. The van der Waals surface area contributed by atoms with Gasteiger partial charge < -0.3 is 13.9 Å². The number of pyridine rings is 1. The molecule has 0 saturated carbocycles. The second kappa shape index (κ2) is 7.86. The Morgan fingerprint density at radius 2 is 1.94 bits per heavy atom. The number of fused-ring (bicyclic) bond motifs is 1. The van der Waals surface area contributed by atoms with Gasteiger partial charge in [0.1, 0.15) is 41.8 Å². The van der Waals surface area contributed by atoms with Crippen molar-refractivity contribution in [3.05, 3.63) is 67.3 Å². The van der Waals surface area contributed by atoms with Crippen molar-refractivity contribution in [3.8, 4) is 34.1 Å². The van der Waals surface area contributed by atoms with Gasteiger partial charge in [-0.3, -0.25) is 4.68 Å². The van der Waals surface area contributed by atoms with Crippen LogP contribution in [0.25, 0.3) is 33.5 Å². The molecule has 0 aliphatic carbocycles. The molecule has 0 amide bonds. The third-order valence-electron chi connectivity index (χ3n) is 4.73. The van der Waals surface area contributed by atoms with Crippen molar-refractivity contribution < 1.29 is 13.9 Å². The van der Waals surface area contributed by atoms with Gasteiger partial charge >= 0.3 is 0 Å². The zero-order valence-corrected chi connectivity index (χ0v) is 16.9. The van der Waals surface area contributed by atoms with E-state index in [1.807, 2.05) is 43.6 Å². The van der Waals surface area contributed by atoms with Gasteiger partial charge in [-0.05, 0) is 0 Å². The van der Waals surface area contributed by atoms with Crippen LogP contribution < -0.4 is 9.47 Å². The Labute approximate surface area is 177 Å². The summed E-state index contributed by atoms with van der Waals surface area (Å²) in [6, 6.07) is 11.7. The second-order valence-electron chi connectivity index (χ2n) is 6.79. The molecule has 31 heavy (non-hydrogen) atoms. The molecule has 0 atom stereocenters. The minimum Gasteiger partial charge on any atom is -0.491 e. The lowest BCUT2D eigenvalue weighted by Crippen LogP contribution is -2.02. The average molecular weight is 414 g/mol. The van der Waals surface area contributed by atoms with E-state index in [4.69, 9.17) is 18.9 Å². The van der Waals surface area contributed by atoms with Crippen molar-refractivity contribution in [2.24, 2.45) is 7.05 Å². The number of hydrogen-bond acceptors (Lipinski definition) is 8. The topological polar surface area (TPSA) is 101 Å². The molecule has 0 unspecified atom stereocenters. The van der Waals surface area contributed by atoms with Gasteiger partial charge in [0.05, 0.1) is 12.6 Å². The van der Waals surface area contributed by atoms with E-state index in [0.29, 0.717) is 34.1 Å². The van der Waals surface area contributed by atoms with Crippen LogP contribution >= 0.6 is 0 Å². The Bertz CT molecular complexity index is 1330. The number of ether oxygens (including phenoxy) is 2. The van der Waals surface area contributed by atoms with Gasteiger partial charge in [0.2, 0.25) is 0 Å². The number of aromatic nitrogens is 6. The number of rotatable bonds is 6. The summed E-state index contributed by atoms with van der Waals surface area (Å²) in [6.45, 7) is 0.191. The maximum Gasteiger partial charge on any atom is 0.258 e. The number of nitrogens with zero attached hydrogens (tertiary/aromatic N) is 6. The van der Waals surface area contributed by atoms with Gasteiger partial charge in [0.25, 0.3) is 5.88 Å². The lowest BCUT2D eigenvalue weighted by atomic mass is 10.0. The molecule has 4 aromatic heterocycles. The van der Waals surface area contributed by atoms with E-state index in [2.05, 4.69) is 20.1 Å². The average Bonchev–Trinajstić information content (AvgIpc) is 3.47. The Morgan fingerprint density at radius 3 is 2.71 bits per heavy atom. The molecule has 0 N–H and O–H groups in total. The summed E-state index contributed by atoms with van der Waals surface area (Å²) < 4.78 is 18.1. The third kappa shape index (κ3) is 3.57. The Balaban J connectivity index is 1.64. The molecular formula is C22H18N6O3. The molecule has 0 bridgehead atoms. The fourth-order valence-corrected chi connectivity index (χ4v) is 3.32. The van der Waals surface area contributed by atoms with E-state index in [0.717, 1.165) is 16.8 Å². The van der Waals surface area contributed by atoms with Gasteiger partial charge in [-0.1, -0.05) is 30.3 Å². The highest BCUT2D eigenvalue weighted by Gasteiger charge is 2.19. The molecule has 5 aromatic rings. The summed E-state index contributed by atoms with van der Waals surface area (Å²) in [6.07, 6.45) is 6.30. The van der Waals surface area contributed by atoms with Gasteiger partial charge in [-0.25, -0.2) is 19.9 Å². The molecule has 1 aromatic carbocycles. The van der Waals surface area contributed by atoms with Crippen LogP contribution in [0, 0.1) is 0 Å². The van der Waals surface area contributed by atoms with Crippen LogP contribution in [-0.4, -0.2) is 36.8 Å².